The molecule has 0 aromatic heterocycles. The van der Waals surface area contributed by atoms with Crippen LogP contribution in [0.15, 0.2) is 0 Å². The Hall–Kier alpha value is 0.350. The third-order valence-corrected chi connectivity index (χ3v) is 3.32. The average molecular weight is 174 g/mol. The van der Waals surface area contributed by atoms with E-state index in [0.717, 1.165) is 0 Å². The van der Waals surface area contributed by atoms with E-state index in [-0.39, 0.29) is 0 Å². The van der Waals surface area contributed by atoms with Gasteiger partial charge in [0.15, 0.2) is 0 Å². The molecule has 1 heteroatoms. The summed E-state index contributed by atoms with van der Waals surface area (Å²) in [5, 5.41) is 0.576. The fraction of sp³-hybridized carbons (Fsp3) is 1.00. The molecule has 0 saturated heterocycles. The first-order chi connectivity index (χ1) is 5.04. The Kier molecular flexibility index (Phi) is 5.24. The van der Waals surface area contributed by atoms with Crippen molar-refractivity contribution in [2.45, 2.75) is 58.6 Å². The molecule has 68 valence electrons. The number of rotatable bonds is 5. The SMILES string of the molecule is CCCC(S)C(C)(C)CCC. The molecule has 0 heterocycles. The molecule has 11 heavy (non-hydrogen) atoms. The molecule has 0 saturated carbocycles. The molecule has 0 rings (SSSR count). The molecule has 0 fully saturated rings. The zero-order valence-corrected chi connectivity index (χ0v) is 9.25. The van der Waals surface area contributed by atoms with Gasteiger partial charge in [0, 0.05) is 5.25 Å². The van der Waals surface area contributed by atoms with Gasteiger partial charge in [-0.1, -0.05) is 40.5 Å². The number of thiol groups is 1. The third-order valence-electron chi connectivity index (χ3n) is 2.36. The summed E-state index contributed by atoms with van der Waals surface area (Å²) in [5.74, 6) is 0. The minimum Gasteiger partial charge on any atom is -0.175 e. The van der Waals surface area contributed by atoms with Gasteiger partial charge in [-0.3, -0.25) is 0 Å². The smallest absolute Gasteiger partial charge is 0.00679 e. The maximum atomic E-state index is 4.62. The normalized spacial score (nSPS) is 15.0. The van der Waals surface area contributed by atoms with Crippen LogP contribution >= 0.6 is 12.6 Å². The summed E-state index contributed by atoms with van der Waals surface area (Å²) in [7, 11) is 0. The van der Waals surface area contributed by atoms with E-state index >= 15 is 0 Å². The highest BCUT2D eigenvalue weighted by atomic mass is 32.1. The van der Waals surface area contributed by atoms with Gasteiger partial charge in [-0.2, -0.15) is 12.6 Å². The van der Waals surface area contributed by atoms with Gasteiger partial charge < -0.3 is 0 Å². The quantitative estimate of drug-likeness (QED) is 0.600. The Balaban J connectivity index is 3.83. The highest BCUT2D eigenvalue weighted by Gasteiger charge is 2.24. The summed E-state index contributed by atoms with van der Waals surface area (Å²) in [4.78, 5) is 0. The van der Waals surface area contributed by atoms with Crippen LogP contribution in [0.25, 0.3) is 0 Å². The van der Waals surface area contributed by atoms with Crippen molar-refractivity contribution in [2.24, 2.45) is 5.41 Å². The summed E-state index contributed by atoms with van der Waals surface area (Å²) >= 11 is 4.62. The maximum Gasteiger partial charge on any atom is 0.00679 e. The van der Waals surface area contributed by atoms with E-state index in [1.807, 2.05) is 0 Å². The van der Waals surface area contributed by atoms with Crippen LogP contribution < -0.4 is 0 Å². The van der Waals surface area contributed by atoms with Crippen molar-refractivity contribution in [3.63, 3.8) is 0 Å². The Labute approximate surface area is 77.2 Å². The second-order valence-corrected chi connectivity index (χ2v) is 4.67. The van der Waals surface area contributed by atoms with Crippen LogP contribution in [0.3, 0.4) is 0 Å². The molecule has 0 aliphatic heterocycles. The van der Waals surface area contributed by atoms with Crippen molar-refractivity contribution in [3.05, 3.63) is 0 Å². The molecule has 1 atom stereocenters. The number of hydrogen-bond donors (Lipinski definition) is 1. The topological polar surface area (TPSA) is 0 Å². The average Bonchev–Trinajstić information content (AvgIpc) is 1.88. The van der Waals surface area contributed by atoms with E-state index in [0.29, 0.717) is 10.7 Å². The lowest BCUT2D eigenvalue weighted by Crippen LogP contribution is -2.24. The van der Waals surface area contributed by atoms with Gasteiger partial charge in [0.1, 0.15) is 0 Å². The standard InChI is InChI=1S/C10H22S/c1-5-7-9(11)10(3,4)8-6-2/h9,11H,5-8H2,1-4H3. The minimum absolute atomic E-state index is 0.424. The molecule has 0 aromatic carbocycles. The van der Waals surface area contributed by atoms with Crippen LogP contribution in [-0.4, -0.2) is 5.25 Å². The maximum absolute atomic E-state index is 4.62. The molecular weight excluding hydrogens is 152 g/mol. The zero-order chi connectivity index (χ0) is 8.91. The lowest BCUT2D eigenvalue weighted by atomic mass is 9.82. The van der Waals surface area contributed by atoms with Crippen molar-refractivity contribution in [2.75, 3.05) is 0 Å². The fourth-order valence-corrected chi connectivity index (χ4v) is 1.86. The molecule has 1 unspecified atom stereocenters. The Bertz CT molecular complexity index is 97.0. The molecule has 0 nitrogen and oxygen atoms in total. The van der Waals surface area contributed by atoms with Crippen LogP contribution in [0, 0.1) is 5.41 Å². The van der Waals surface area contributed by atoms with Crippen molar-refractivity contribution < 1.29 is 0 Å². The Morgan fingerprint density at radius 3 is 2.09 bits per heavy atom. The van der Waals surface area contributed by atoms with Crippen LogP contribution in [0.5, 0.6) is 0 Å². The highest BCUT2D eigenvalue weighted by molar-refractivity contribution is 7.81. The molecule has 0 aliphatic carbocycles. The molecule has 0 aromatic rings. The van der Waals surface area contributed by atoms with Gasteiger partial charge in [-0.25, -0.2) is 0 Å². The predicted molar refractivity (Wildman–Crippen MR) is 56.4 cm³/mol. The van der Waals surface area contributed by atoms with E-state index in [9.17, 15) is 0 Å². The summed E-state index contributed by atoms with van der Waals surface area (Å²) in [5.41, 5.74) is 0.424. The fourth-order valence-electron chi connectivity index (χ4n) is 1.48. The van der Waals surface area contributed by atoms with E-state index < -0.39 is 0 Å². The van der Waals surface area contributed by atoms with Crippen molar-refractivity contribution >= 4 is 12.6 Å². The summed E-state index contributed by atoms with van der Waals surface area (Å²) < 4.78 is 0. The van der Waals surface area contributed by atoms with E-state index in [2.05, 4.69) is 40.3 Å². The molecular formula is C10H22S. The monoisotopic (exact) mass is 174 g/mol. The van der Waals surface area contributed by atoms with Gasteiger partial charge in [0.2, 0.25) is 0 Å². The largest absolute Gasteiger partial charge is 0.175 e. The predicted octanol–water partition coefficient (Wildman–Crippen LogP) is 3.91. The molecule has 0 spiro atoms. The molecule has 0 N–H and O–H groups in total. The van der Waals surface area contributed by atoms with Crippen LogP contribution in [-0.2, 0) is 0 Å². The van der Waals surface area contributed by atoms with Gasteiger partial charge in [-0.05, 0) is 18.3 Å². The van der Waals surface area contributed by atoms with Crippen molar-refractivity contribution in [3.8, 4) is 0 Å². The number of hydrogen-bond acceptors (Lipinski definition) is 1. The summed E-state index contributed by atoms with van der Waals surface area (Å²) in [6.07, 6.45) is 5.06. The Morgan fingerprint density at radius 2 is 1.73 bits per heavy atom. The first kappa shape index (κ1) is 11.4. The van der Waals surface area contributed by atoms with Gasteiger partial charge in [0.25, 0.3) is 0 Å². The van der Waals surface area contributed by atoms with Crippen LogP contribution in [0.4, 0.5) is 0 Å². The van der Waals surface area contributed by atoms with E-state index in [1.54, 1.807) is 0 Å². The molecule has 0 amide bonds. The minimum atomic E-state index is 0.424. The van der Waals surface area contributed by atoms with Crippen molar-refractivity contribution in [1.82, 2.24) is 0 Å². The van der Waals surface area contributed by atoms with Crippen LogP contribution in [0.2, 0.25) is 0 Å². The second kappa shape index (κ2) is 5.08. The molecule has 0 bridgehead atoms. The first-order valence-corrected chi connectivity index (χ1v) is 5.24. The van der Waals surface area contributed by atoms with E-state index in [4.69, 9.17) is 0 Å². The first-order valence-electron chi connectivity index (χ1n) is 4.72. The van der Waals surface area contributed by atoms with Crippen molar-refractivity contribution in [1.29, 1.82) is 0 Å². The third kappa shape index (κ3) is 4.05. The lowest BCUT2D eigenvalue weighted by Gasteiger charge is -2.30. The van der Waals surface area contributed by atoms with Gasteiger partial charge in [-0.15, -0.1) is 0 Å². The molecule has 0 aliphatic rings. The zero-order valence-electron chi connectivity index (χ0n) is 8.35. The second-order valence-electron chi connectivity index (χ2n) is 4.04. The Morgan fingerprint density at radius 1 is 1.18 bits per heavy atom. The van der Waals surface area contributed by atoms with E-state index in [1.165, 1.54) is 25.7 Å². The van der Waals surface area contributed by atoms with Gasteiger partial charge >= 0.3 is 0 Å². The van der Waals surface area contributed by atoms with Gasteiger partial charge in [0.05, 0.1) is 0 Å². The lowest BCUT2D eigenvalue weighted by molar-refractivity contribution is 0.308. The summed E-state index contributed by atoms with van der Waals surface area (Å²) in [6.45, 7) is 9.12. The molecule has 0 radical (unpaired) electrons. The summed E-state index contributed by atoms with van der Waals surface area (Å²) in [6, 6.07) is 0. The highest BCUT2D eigenvalue weighted by Crippen LogP contribution is 2.32. The van der Waals surface area contributed by atoms with Crippen LogP contribution in [0.1, 0.15) is 53.4 Å².